The van der Waals surface area contributed by atoms with Gasteiger partial charge in [-0.3, -0.25) is 0 Å². The molecule has 0 heterocycles. The van der Waals surface area contributed by atoms with Crippen LogP contribution in [0.15, 0.2) is 40.9 Å². The average molecular weight is 357 g/mol. The molecule has 0 bridgehead atoms. The van der Waals surface area contributed by atoms with Gasteiger partial charge in [0.05, 0.1) is 15.7 Å². The van der Waals surface area contributed by atoms with E-state index in [2.05, 4.69) is 45.5 Å². The standard InChI is InChI=1S/C15H12BrCl2N/c16-12-5-6-13(15(18)14(12)17)19-8-10-7-9-3-1-2-4-11(9)10/h1-6,10,19H,7-8H2. The van der Waals surface area contributed by atoms with E-state index in [1.54, 1.807) is 0 Å². The van der Waals surface area contributed by atoms with Crippen LogP contribution in [0.5, 0.6) is 0 Å². The number of anilines is 1. The molecule has 0 saturated carbocycles. The second kappa shape index (κ2) is 5.35. The summed E-state index contributed by atoms with van der Waals surface area (Å²) in [6.45, 7) is 0.884. The van der Waals surface area contributed by atoms with Gasteiger partial charge in [-0.15, -0.1) is 0 Å². The van der Waals surface area contributed by atoms with E-state index < -0.39 is 0 Å². The molecule has 1 nitrogen and oxygen atoms in total. The Kier molecular flexibility index (Phi) is 3.75. The van der Waals surface area contributed by atoms with Gasteiger partial charge in [0.1, 0.15) is 0 Å². The Morgan fingerprint density at radius 3 is 2.68 bits per heavy atom. The summed E-state index contributed by atoms with van der Waals surface area (Å²) in [6.07, 6.45) is 1.13. The van der Waals surface area contributed by atoms with Crippen molar-refractivity contribution >= 4 is 44.8 Å². The lowest BCUT2D eigenvalue weighted by molar-refractivity contribution is 0.636. The van der Waals surface area contributed by atoms with Crippen LogP contribution in [0.25, 0.3) is 0 Å². The number of hydrogen-bond donors (Lipinski definition) is 1. The molecule has 1 N–H and O–H groups in total. The highest BCUT2D eigenvalue weighted by Gasteiger charge is 2.25. The molecule has 1 aliphatic rings. The van der Waals surface area contributed by atoms with E-state index in [1.807, 2.05) is 12.1 Å². The Labute approximate surface area is 131 Å². The van der Waals surface area contributed by atoms with E-state index in [0.717, 1.165) is 23.1 Å². The Bertz CT molecular complexity index is 628. The van der Waals surface area contributed by atoms with Crippen molar-refractivity contribution in [2.24, 2.45) is 0 Å². The van der Waals surface area contributed by atoms with E-state index in [1.165, 1.54) is 11.1 Å². The number of fused-ring (bicyclic) bond motifs is 1. The van der Waals surface area contributed by atoms with Crippen molar-refractivity contribution in [2.75, 3.05) is 11.9 Å². The smallest absolute Gasteiger partial charge is 0.0835 e. The van der Waals surface area contributed by atoms with Crippen LogP contribution in [0, 0.1) is 0 Å². The maximum atomic E-state index is 6.22. The van der Waals surface area contributed by atoms with Gasteiger partial charge < -0.3 is 5.32 Å². The first kappa shape index (κ1) is 13.3. The van der Waals surface area contributed by atoms with Crippen LogP contribution < -0.4 is 5.32 Å². The lowest BCUT2D eigenvalue weighted by Gasteiger charge is -2.30. The highest BCUT2D eigenvalue weighted by molar-refractivity contribution is 9.10. The molecule has 1 aliphatic carbocycles. The molecule has 0 aromatic heterocycles. The van der Waals surface area contributed by atoms with Crippen LogP contribution in [-0.2, 0) is 6.42 Å². The predicted molar refractivity (Wildman–Crippen MR) is 85.5 cm³/mol. The Hall–Kier alpha value is -0.700. The second-order valence-corrected chi connectivity index (χ2v) is 6.31. The van der Waals surface area contributed by atoms with Gasteiger partial charge in [0.2, 0.25) is 0 Å². The Morgan fingerprint density at radius 2 is 1.89 bits per heavy atom. The zero-order valence-electron chi connectivity index (χ0n) is 10.1. The summed E-state index contributed by atoms with van der Waals surface area (Å²) >= 11 is 15.7. The molecule has 0 aliphatic heterocycles. The third-order valence-electron chi connectivity index (χ3n) is 3.54. The normalized spacial score (nSPS) is 16.7. The number of hydrogen-bond acceptors (Lipinski definition) is 1. The molecule has 0 saturated heterocycles. The first-order chi connectivity index (χ1) is 9.16. The molecular weight excluding hydrogens is 345 g/mol. The molecule has 4 heteroatoms. The fourth-order valence-electron chi connectivity index (χ4n) is 2.44. The lowest BCUT2D eigenvalue weighted by atomic mass is 9.77. The van der Waals surface area contributed by atoms with Crippen molar-refractivity contribution in [2.45, 2.75) is 12.3 Å². The monoisotopic (exact) mass is 355 g/mol. The Balaban J connectivity index is 1.70. The van der Waals surface area contributed by atoms with E-state index in [9.17, 15) is 0 Å². The average Bonchev–Trinajstić information content (AvgIpc) is 2.39. The summed E-state index contributed by atoms with van der Waals surface area (Å²) in [5, 5.41) is 4.52. The topological polar surface area (TPSA) is 12.0 Å². The maximum absolute atomic E-state index is 6.22. The van der Waals surface area contributed by atoms with Gasteiger partial charge in [-0.2, -0.15) is 0 Å². The molecule has 19 heavy (non-hydrogen) atoms. The molecule has 1 atom stereocenters. The molecule has 0 fully saturated rings. The minimum atomic E-state index is 0.556. The van der Waals surface area contributed by atoms with Crippen molar-refractivity contribution in [3.05, 3.63) is 62.0 Å². The molecule has 98 valence electrons. The van der Waals surface area contributed by atoms with Crippen LogP contribution in [-0.4, -0.2) is 6.54 Å². The van der Waals surface area contributed by atoms with Crippen LogP contribution in [0.4, 0.5) is 5.69 Å². The second-order valence-electron chi connectivity index (χ2n) is 4.70. The highest BCUT2D eigenvalue weighted by atomic mass is 79.9. The van der Waals surface area contributed by atoms with Crippen LogP contribution in [0.1, 0.15) is 17.0 Å². The van der Waals surface area contributed by atoms with Crippen molar-refractivity contribution < 1.29 is 0 Å². The van der Waals surface area contributed by atoms with Crippen LogP contribution >= 0.6 is 39.1 Å². The summed E-state index contributed by atoms with van der Waals surface area (Å²) in [6, 6.07) is 12.4. The number of benzene rings is 2. The molecule has 0 amide bonds. The fraction of sp³-hybridized carbons (Fsp3) is 0.200. The molecule has 2 aromatic carbocycles. The third kappa shape index (κ3) is 2.49. The summed E-state index contributed by atoms with van der Waals surface area (Å²) in [4.78, 5) is 0. The zero-order valence-corrected chi connectivity index (χ0v) is 13.2. The fourth-order valence-corrected chi connectivity index (χ4v) is 3.28. The summed E-state index contributed by atoms with van der Waals surface area (Å²) in [5.74, 6) is 0.565. The summed E-state index contributed by atoms with van der Waals surface area (Å²) in [7, 11) is 0. The number of rotatable bonds is 3. The van der Waals surface area contributed by atoms with Gasteiger partial charge in [-0.05, 0) is 45.6 Å². The first-order valence-electron chi connectivity index (χ1n) is 6.12. The van der Waals surface area contributed by atoms with E-state index in [-0.39, 0.29) is 0 Å². The third-order valence-corrected chi connectivity index (χ3v) is 5.31. The molecule has 0 spiro atoms. The van der Waals surface area contributed by atoms with Crippen molar-refractivity contribution in [1.82, 2.24) is 0 Å². The van der Waals surface area contributed by atoms with Gasteiger partial charge in [0.15, 0.2) is 0 Å². The van der Waals surface area contributed by atoms with E-state index in [0.29, 0.717) is 16.0 Å². The number of nitrogens with one attached hydrogen (secondary N) is 1. The lowest BCUT2D eigenvalue weighted by Crippen LogP contribution is -2.24. The maximum Gasteiger partial charge on any atom is 0.0835 e. The van der Waals surface area contributed by atoms with Crippen LogP contribution in [0.3, 0.4) is 0 Å². The zero-order chi connectivity index (χ0) is 13.4. The highest BCUT2D eigenvalue weighted by Crippen LogP contribution is 2.38. The van der Waals surface area contributed by atoms with Gasteiger partial charge >= 0.3 is 0 Å². The van der Waals surface area contributed by atoms with Gasteiger partial charge in [-0.1, -0.05) is 47.5 Å². The quantitative estimate of drug-likeness (QED) is 0.715. The molecule has 1 unspecified atom stereocenters. The molecule has 2 aromatic rings. The molecule has 3 rings (SSSR count). The minimum absolute atomic E-state index is 0.556. The van der Waals surface area contributed by atoms with Gasteiger partial charge in [0.25, 0.3) is 0 Å². The Morgan fingerprint density at radius 1 is 1.11 bits per heavy atom. The summed E-state index contributed by atoms with van der Waals surface area (Å²) < 4.78 is 0.818. The van der Waals surface area contributed by atoms with Crippen molar-refractivity contribution in [3.63, 3.8) is 0 Å². The first-order valence-corrected chi connectivity index (χ1v) is 7.67. The summed E-state index contributed by atoms with van der Waals surface area (Å²) in [5.41, 5.74) is 3.78. The van der Waals surface area contributed by atoms with Crippen molar-refractivity contribution in [3.8, 4) is 0 Å². The largest absolute Gasteiger partial charge is 0.383 e. The van der Waals surface area contributed by atoms with Gasteiger partial charge in [0, 0.05) is 16.9 Å². The van der Waals surface area contributed by atoms with Crippen LogP contribution in [0.2, 0.25) is 10.0 Å². The number of halogens is 3. The SMILES string of the molecule is Clc1c(Br)ccc(NCC2Cc3ccccc32)c1Cl. The molecular formula is C15H12BrCl2N. The molecule has 0 radical (unpaired) electrons. The minimum Gasteiger partial charge on any atom is -0.383 e. The van der Waals surface area contributed by atoms with Gasteiger partial charge in [-0.25, -0.2) is 0 Å². The van der Waals surface area contributed by atoms with E-state index in [4.69, 9.17) is 23.2 Å². The van der Waals surface area contributed by atoms with E-state index >= 15 is 0 Å². The predicted octanol–water partition coefficient (Wildman–Crippen LogP) is 5.51. The van der Waals surface area contributed by atoms with Crippen molar-refractivity contribution in [1.29, 1.82) is 0 Å².